The van der Waals surface area contributed by atoms with Crippen LogP contribution in [0.2, 0.25) is 0 Å². The summed E-state index contributed by atoms with van der Waals surface area (Å²) >= 11 is 0. The molecule has 0 aromatic heterocycles. The van der Waals surface area contributed by atoms with E-state index in [1.807, 2.05) is 90.9 Å². The smallest absolute Gasteiger partial charge is 0.251 e. The number of carbonyl (C=O) groups excluding carboxylic acids is 7. The molecule has 2 aliphatic heterocycles. The second-order valence-corrected chi connectivity index (χ2v) is 23.5. The van der Waals surface area contributed by atoms with Crippen molar-refractivity contribution in [2.24, 2.45) is 10.8 Å². The van der Waals surface area contributed by atoms with E-state index in [9.17, 15) is 33.2 Å². The number of aryl methyl sites for hydroxylation is 1. The molecule has 1 aliphatic carbocycles. The Balaban J connectivity index is 1.14. The molecule has 0 saturated carbocycles. The van der Waals surface area contributed by atoms with Gasteiger partial charge in [-0.3, -0.25) is 33.6 Å². The summed E-state index contributed by atoms with van der Waals surface area (Å²) in [6.45, 7) is 16.7. The van der Waals surface area contributed by atoms with Gasteiger partial charge in [-0.1, -0.05) is 114 Å². The molecule has 6 N–H and O–H groups in total. The third kappa shape index (κ3) is 13.6. The number of likely N-dealkylation sites (N-methyl/N-ethyl adjacent to an activating group) is 2. The highest BCUT2D eigenvalue weighted by atomic mass is 19.1. The van der Waals surface area contributed by atoms with E-state index in [-0.39, 0.29) is 62.1 Å². The zero-order chi connectivity index (χ0) is 56.8. The molecule has 0 radical (unpaired) electrons. The van der Waals surface area contributed by atoms with E-state index >= 15 is 4.79 Å². The number of benzene rings is 4. The van der Waals surface area contributed by atoms with E-state index in [0.717, 1.165) is 36.0 Å². The summed E-state index contributed by atoms with van der Waals surface area (Å²) in [4.78, 5) is 105. The number of rotatable bonds is 17. The zero-order valence-electron chi connectivity index (χ0n) is 47.2. The predicted octanol–water partition coefficient (Wildman–Crippen LogP) is 6.04. The molecule has 7 rings (SSSR count). The number of carbonyl (C=O) groups is 7. The van der Waals surface area contributed by atoms with Crippen molar-refractivity contribution in [3.8, 4) is 0 Å². The van der Waals surface area contributed by atoms with Crippen LogP contribution in [0.25, 0.3) is 0 Å². The van der Waals surface area contributed by atoms with Gasteiger partial charge in [-0.2, -0.15) is 0 Å². The summed E-state index contributed by atoms with van der Waals surface area (Å²) < 4.78 is 14.3. The summed E-state index contributed by atoms with van der Waals surface area (Å²) in [6, 6.07) is 22.0. The zero-order valence-corrected chi connectivity index (χ0v) is 47.2. The van der Waals surface area contributed by atoms with Crippen molar-refractivity contribution in [3.05, 3.63) is 142 Å². The number of likely N-dealkylation sites (tertiary alicyclic amines) is 1. The van der Waals surface area contributed by atoms with Gasteiger partial charge >= 0.3 is 0 Å². The minimum atomic E-state index is -0.983. The van der Waals surface area contributed by atoms with Gasteiger partial charge in [0.05, 0.1) is 24.2 Å². The quantitative estimate of drug-likeness (QED) is 0.0730. The molecule has 7 amide bonds. The van der Waals surface area contributed by atoms with Gasteiger partial charge in [-0.05, 0) is 129 Å². The van der Waals surface area contributed by atoms with Gasteiger partial charge in [0.25, 0.3) is 5.91 Å². The Hall–Kier alpha value is -6.98. The standard InChI is InChI=1S/C61H80FN9O7/c1-36(63-10)53(72)67-51(60(4,5)6)58(77)70-34-44-19-13-12-18-43(44)31-50(70)57(76)69(38(3)40-27-29-45(62)30-28-40)33-39-23-25-42(26-24-39)55(74)65-46-32-49(56(75)66-48-22-16-20-41-17-14-15-21-47(41)48)71(35-46)59(78)52(61(7,8)9)68-54(73)37(2)64-11/h12-15,17-19,21,23-30,36-38,46,48-52,63-64H,16,20,22,31-35H2,1-11H3,(H,65,74)(H,66,75)(H,67,72)(H,68,73). The van der Waals surface area contributed by atoms with Gasteiger partial charge in [-0.25, -0.2) is 4.39 Å². The second kappa shape index (κ2) is 24.8. The van der Waals surface area contributed by atoms with Crippen LogP contribution in [0.4, 0.5) is 4.39 Å². The first kappa shape index (κ1) is 58.7. The van der Waals surface area contributed by atoms with Gasteiger partial charge in [0.2, 0.25) is 35.4 Å². The van der Waals surface area contributed by atoms with Gasteiger partial charge in [0, 0.05) is 37.7 Å². The maximum atomic E-state index is 15.5. The lowest BCUT2D eigenvalue weighted by atomic mass is 9.84. The Morgan fingerprint density at radius 2 is 1.22 bits per heavy atom. The fourth-order valence-corrected chi connectivity index (χ4v) is 10.8. The van der Waals surface area contributed by atoms with E-state index < -0.39 is 82.7 Å². The molecule has 4 aromatic carbocycles. The number of nitrogens with one attached hydrogen (secondary N) is 6. The maximum absolute atomic E-state index is 15.5. The molecule has 2 heterocycles. The number of fused-ring (bicyclic) bond motifs is 2. The summed E-state index contributed by atoms with van der Waals surface area (Å²) in [5.74, 6) is -3.09. The molecule has 0 spiro atoms. The van der Waals surface area contributed by atoms with Crippen LogP contribution in [0, 0.1) is 16.6 Å². The molecule has 9 unspecified atom stereocenters. The Morgan fingerprint density at radius 1 is 0.667 bits per heavy atom. The molecule has 9 atom stereocenters. The number of nitrogens with zero attached hydrogens (tertiary/aromatic N) is 3. The predicted molar refractivity (Wildman–Crippen MR) is 298 cm³/mol. The van der Waals surface area contributed by atoms with Crippen LogP contribution in [0.1, 0.15) is 137 Å². The van der Waals surface area contributed by atoms with Gasteiger partial charge in [0.15, 0.2) is 0 Å². The van der Waals surface area contributed by atoms with Crippen LogP contribution in [-0.4, -0.2) is 119 Å². The molecule has 16 nitrogen and oxygen atoms in total. The summed E-state index contributed by atoms with van der Waals surface area (Å²) in [5.41, 5.74) is 4.20. The average molecular weight is 1070 g/mol. The third-order valence-electron chi connectivity index (χ3n) is 15.8. The van der Waals surface area contributed by atoms with Crippen molar-refractivity contribution in [3.63, 3.8) is 0 Å². The summed E-state index contributed by atoms with van der Waals surface area (Å²) in [6.07, 6.45) is 2.89. The molecule has 78 heavy (non-hydrogen) atoms. The lowest BCUT2D eigenvalue weighted by molar-refractivity contribution is -0.152. The highest BCUT2D eigenvalue weighted by Crippen LogP contribution is 2.34. The molecule has 17 heteroatoms. The van der Waals surface area contributed by atoms with Crippen LogP contribution >= 0.6 is 0 Å². The van der Waals surface area contributed by atoms with Gasteiger partial charge in [0.1, 0.15) is 30.0 Å². The molecule has 3 aliphatic rings. The Morgan fingerprint density at radius 3 is 1.79 bits per heavy atom. The first-order valence-corrected chi connectivity index (χ1v) is 27.4. The first-order valence-electron chi connectivity index (χ1n) is 27.4. The molecule has 0 bridgehead atoms. The van der Waals surface area contributed by atoms with Crippen LogP contribution in [0.5, 0.6) is 0 Å². The van der Waals surface area contributed by atoms with E-state index in [1.54, 1.807) is 74.1 Å². The summed E-state index contributed by atoms with van der Waals surface area (Å²) in [7, 11) is 3.32. The topological polar surface area (TPSA) is 201 Å². The molecule has 418 valence electrons. The van der Waals surface area contributed by atoms with Crippen molar-refractivity contribution in [2.75, 3.05) is 20.6 Å². The third-order valence-corrected chi connectivity index (χ3v) is 15.8. The number of halogens is 1. The molecular formula is C61H80FN9O7. The minimum absolute atomic E-state index is 0.0213. The van der Waals surface area contributed by atoms with E-state index in [2.05, 4.69) is 38.0 Å². The van der Waals surface area contributed by atoms with Crippen molar-refractivity contribution in [1.29, 1.82) is 0 Å². The Bertz CT molecular complexity index is 2830. The van der Waals surface area contributed by atoms with Crippen molar-refractivity contribution < 1.29 is 38.0 Å². The van der Waals surface area contributed by atoms with Gasteiger partial charge < -0.3 is 46.6 Å². The lowest BCUT2D eigenvalue weighted by Gasteiger charge is -2.43. The van der Waals surface area contributed by atoms with Crippen molar-refractivity contribution >= 4 is 41.4 Å². The number of amides is 7. The summed E-state index contributed by atoms with van der Waals surface area (Å²) in [5, 5.41) is 18.1. The maximum Gasteiger partial charge on any atom is 0.251 e. The van der Waals surface area contributed by atoms with E-state index in [0.29, 0.717) is 16.7 Å². The van der Waals surface area contributed by atoms with Crippen LogP contribution in [-0.2, 0) is 54.7 Å². The van der Waals surface area contributed by atoms with E-state index in [4.69, 9.17) is 0 Å². The lowest BCUT2D eigenvalue weighted by Crippen LogP contribution is -2.62. The molecule has 1 fully saturated rings. The molecular weight excluding hydrogens is 990 g/mol. The monoisotopic (exact) mass is 1070 g/mol. The highest BCUT2D eigenvalue weighted by molar-refractivity contribution is 5.97. The highest BCUT2D eigenvalue weighted by Gasteiger charge is 2.47. The Kier molecular flexibility index (Phi) is 18.6. The minimum Gasteiger partial charge on any atom is -0.347 e. The van der Waals surface area contributed by atoms with E-state index in [1.165, 1.54) is 22.6 Å². The van der Waals surface area contributed by atoms with Crippen LogP contribution < -0.4 is 31.9 Å². The normalized spacial score (nSPS) is 20.2. The van der Waals surface area contributed by atoms with Crippen molar-refractivity contribution in [1.82, 2.24) is 46.6 Å². The molecule has 4 aromatic rings. The van der Waals surface area contributed by atoms with Crippen molar-refractivity contribution in [2.45, 2.75) is 162 Å². The second-order valence-electron chi connectivity index (χ2n) is 23.5. The number of hydrogen-bond acceptors (Lipinski definition) is 9. The van der Waals surface area contributed by atoms with Gasteiger partial charge in [-0.15, -0.1) is 0 Å². The number of hydrogen-bond donors (Lipinski definition) is 6. The van der Waals surface area contributed by atoms with Crippen LogP contribution in [0.15, 0.2) is 97.1 Å². The first-order chi connectivity index (χ1) is 36.9. The molecule has 1 saturated heterocycles. The fraction of sp³-hybridized carbons (Fsp3) is 0.492. The SMILES string of the molecule is CNC(C)C(=O)NC(C(=O)N1CC(NC(=O)c2ccc(CN(C(=O)C3Cc4ccccc4CN3C(=O)C(NC(=O)C(C)NC)C(C)(C)C)C(C)c3ccc(F)cc3)cc2)CC1C(=O)NC1CCCc2ccccc21)C(C)(C)C. The Labute approximate surface area is 459 Å². The largest absolute Gasteiger partial charge is 0.347 e. The van der Waals surface area contributed by atoms with Crippen LogP contribution in [0.3, 0.4) is 0 Å². The fourth-order valence-electron chi connectivity index (χ4n) is 10.8. The average Bonchev–Trinajstić information content (AvgIpc) is 4.00.